The van der Waals surface area contributed by atoms with Gasteiger partial charge in [0.05, 0.1) is 12.0 Å². The molecule has 4 N–H and O–H groups in total. The van der Waals surface area contributed by atoms with Gasteiger partial charge in [0.2, 0.25) is 5.91 Å². The zero-order chi connectivity index (χ0) is 16.0. The molecule has 1 amide bonds. The highest BCUT2D eigenvalue weighted by atomic mass is 16.4. The average Bonchev–Trinajstić information content (AvgIpc) is 3.09. The van der Waals surface area contributed by atoms with Crippen LogP contribution in [0.5, 0.6) is 0 Å². The summed E-state index contributed by atoms with van der Waals surface area (Å²) in [4.78, 5) is 23.3. The van der Waals surface area contributed by atoms with Gasteiger partial charge in [-0.05, 0) is 17.7 Å². The highest BCUT2D eigenvalue weighted by molar-refractivity contribution is 6.18. The second-order valence-corrected chi connectivity index (χ2v) is 5.52. The van der Waals surface area contributed by atoms with Crippen LogP contribution in [0.1, 0.15) is 17.0 Å². The number of nitrogens with one attached hydrogen (secondary N) is 3. The van der Waals surface area contributed by atoms with Gasteiger partial charge in [0.1, 0.15) is 5.71 Å². The number of fused-ring (bicyclic) bond motifs is 2. The van der Waals surface area contributed by atoms with Gasteiger partial charge in [-0.2, -0.15) is 0 Å². The number of hydrogen-bond donors (Lipinski definition) is 4. The van der Waals surface area contributed by atoms with Gasteiger partial charge in [-0.3, -0.25) is 4.79 Å². The quantitative estimate of drug-likeness (QED) is 0.488. The van der Waals surface area contributed by atoms with Gasteiger partial charge in [-0.25, -0.2) is 0 Å². The first-order chi connectivity index (χ1) is 11.2. The summed E-state index contributed by atoms with van der Waals surface area (Å²) in [6.45, 7) is 0. The minimum absolute atomic E-state index is 0.200. The van der Waals surface area contributed by atoms with Crippen molar-refractivity contribution < 1.29 is 15.2 Å². The third kappa shape index (κ3) is 1.90. The molecule has 4 rings (SSSR count). The fraction of sp³-hybridized carbons (Fsp3) is 0.125. The van der Waals surface area contributed by atoms with Crippen molar-refractivity contribution >= 4 is 28.7 Å². The van der Waals surface area contributed by atoms with E-state index in [1.807, 2.05) is 29.4 Å². The van der Waals surface area contributed by atoms with Crippen LogP contribution in [-0.4, -0.2) is 22.9 Å². The lowest BCUT2D eigenvalue weighted by molar-refractivity contribution is -0.379. The fourth-order valence-electron chi connectivity index (χ4n) is 3.27. The summed E-state index contributed by atoms with van der Waals surface area (Å²) in [5, 5.41) is 20.7. The van der Waals surface area contributed by atoms with E-state index < -0.39 is 12.0 Å². The molecule has 0 spiro atoms. The van der Waals surface area contributed by atoms with Crippen molar-refractivity contribution in [2.45, 2.75) is 12.0 Å². The first kappa shape index (κ1) is 13.4. The number of oxime groups is 1. The Morgan fingerprint density at radius 3 is 2.74 bits per heavy atom. The van der Waals surface area contributed by atoms with Gasteiger partial charge in [0.15, 0.2) is 0 Å². The number of carbonyl (C=O) groups excluding carboxylic acids is 1. The topological polar surface area (TPSA) is 105 Å². The van der Waals surface area contributed by atoms with E-state index in [4.69, 9.17) is 0 Å². The van der Waals surface area contributed by atoms with Crippen LogP contribution < -0.4 is 15.8 Å². The monoisotopic (exact) mass is 309 g/mol. The third-order valence-corrected chi connectivity index (χ3v) is 4.29. The molecular weight excluding hydrogens is 296 g/mol. The fourth-order valence-corrected chi connectivity index (χ4v) is 3.27. The van der Waals surface area contributed by atoms with Crippen LogP contribution in [0.3, 0.4) is 0 Å². The largest absolute Gasteiger partial charge is 0.411 e. The van der Waals surface area contributed by atoms with Crippen molar-refractivity contribution in [3.63, 3.8) is 0 Å². The summed E-state index contributed by atoms with van der Waals surface area (Å²) in [7, 11) is 0. The summed E-state index contributed by atoms with van der Waals surface area (Å²) in [5.74, 6) is -0.786. The van der Waals surface area contributed by atoms with Crippen LogP contribution >= 0.6 is 0 Å². The second kappa shape index (κ2) is 4.91. The maximum atomic E-state index is 12.4. The summed E-state index contributed by atoms with van der Waals surface area (Å²) in [5.41, 5.74) is 3.72. The van der Waals surface area contributed by atoms with Crippen LogP contribution in [-0.2, 0) is 4.79 Å². The van der Waals surface area contributed by atoms with E-state index in [0.717, 1.165) is 11.3 Å². The summed E-state index contributed by atoms with van der Waals surface area (Å²) >= 11 is 0. The van der Waals surface area contributed by atoms with E-state index in [1.165, 1.54) is 0 Å². The maximum Gasteiger partial charge on any atom is 0.253 e. The minimum atomic E-state index is -0.586. The number of benzene rings is 2. The normalized spacial score (nSPS) is 23.1. The highest BCUT2D eigenvalue weighted by Crippen LogP contribution is 2.40. The summed E-state index contributed by atoms with van der Waals surface area (Å²) in [6, 6.07) is 11.8. The number of nitroso groups, excluding NO2 is 1. The standard InChI is InChI=1S/C16H12N4O3/c21-16-13(10-7-8(19-22)5-6-12(10)18-16)15-14(20-23)9-3-1-2-4-11(9)17-15/h1-7,13,15,17,23H,(H,18,21)/p+1/b20-14+. The molecule has 0 aliphatic carbocycles. The molecule has 7 nitrogen and oxygen atoms in total. The zero-order valence-corrected chi connectivity index (χ0v) is 11.9. The van der Waals surface area contributed by atoms with E-state index in [2.05, 4.69) is 15.8 Å². The van der Waals surface area contributed by atoms with E-state index in [9.17, 15) is 14.9 Å². The summed E-state index contributed by atoms with van der Waals surface area (Å²) in [6.07, 6.45) is 0. The van der Waals surface area contributed by atoms with Crippen LogP contribution in [0.4, 0.5) is 17.1 Å². The smallest absolute Gasteiger partial charge is 0.253 e. The Labute approximate surface area is 131 Å². The van der Waals surface area contributed by atoms with Crippen LogP contribution in [0.25, 0.3) is 0 Å². The van der Waals surface area contributed by atoms with E-state index in [0.29, 0.717) is 22.6 Å². The lowest BCUT2D eigenvalue weighted by Gasteiger charge is -2.18. The molecule has 2 aromatic rings. The van der Waals surface area contributed by atoms with Crippen molar-refractivity contribution in [1.82, 2.24) is 0 Å². The predicted molar refractivity (Wildman–Crippen MR) is 84.0 cm³/mol. The van der Waals surface area contributed by atoms with Gasteiger partial charge >= 0.3 is 0 Å². The molecule has 0 fully saturated rings. The molecule has 2 aliphatic rings. The van der Waals surface area contributed by atoms with Gasteiger partial charge in [-0.15, -0.1) is 0 Å². The SMILES string of the molecule is O=[NH+]c1ccc2c(c1)C(C1Nc3ccccc3/C1=N\O)C(=O)N2. The Morgan fingerprint density at radius 1 is 1.13 bits per heavy atom. The Balaban J connectivity index is 1.81. The molecule has 2 atom stereocenters. The Morgan fingerprint density at radius 2 is 1.96 bits per heavy atom. The molecule has 23 heavy (non-hydrogen) atoms. The molecule has 0 aromatic heterocycles. The molecule has 2 heterocycles. The zero-order valence-electron chi connectivity index (χ0n) is 11.9. The van der Waals surface area contributed by atoms with Crippen LogP contribution in [0, 0.1) is 4.91 Å². The Kier molecular flexibility index (Phi) is 2.87. The van der Waals surface area contributed by atoms with E-state index >= 15 is 0 Å². The third-order valence-electron chi connectivity index (χ3n) is 4.29. The van der Waals surface area contributed by atoms with Crippen LogP contribution in [0.2, 0.25) is 0 Å². The highest BCUT2D eigenvalue weighted by Gasteiger charge is 2.44. The van der Waals surface area contributed by atoms with Gasteiger partial charge < -0.3 is 15.8 Å². The molecule has 2 unspecified atom stereocenters. The molecule has 0 saturated heterocycles. The van der Waals surface area contributed by atoms with Crippen LogP contribution in [0.15, 0.2) is 47.6 Å². The summed E-state index contributed by atoms with van der Waals surface area (Å²) < 4.78 is 0. The average molecular weight is 309 g/mol. The molecule has 0 saturated carbocycles. The predicted octanol–water partition coefficient (Wildman–Crippen LogP) is 0.873. The Hall–Kier alpha value is -3.22. The lowest BCUT2D eigenvalue weighted by atomic mass is 9.89. The molecule has 2 aromatic carbocycles. The van der Waals surface area contributed by atoms with Crippen molar-refractivity contribution in [3.8, 4) is 0 Å². The number of hydrogen-bond acceptors (Lipinski definition) is 5. The Bertz CT molecular complexity index is 862. The van der Waals surface area contributed by atoms with E-state index in [-0.39, 0.29) is 5.91 Å². The van der Waals surface area contributed by atoms with E-state index in [1.54, 1.807) is 18.2 Å². The van der Waals surface area contributed by atoms with Gasteiger partial charge in [-0.1, -0.05) is 23.4 Å². The molecule has 7 heteroatoms. The molecule has 2 aliphatic heterocycles. The number of amides is 1. The molecule has 0 bridgehead atoms. The minimum Gasteiger partial charge on any atom is -0.411 e. The van der Waals surface area contributed by atoms with Gasteiger partial charge in [0, 0.05) is 39.2 Å². The van der Waals surface area contributed by atoms with Gasteiger partial charge in [0.25, 0.3) is 5.69 Å². The maximum absolute atomic E-state index is 12.4. The number of para-hydroxylation sites is 1. The second-order valence-electron chi connectivity index (χ2n) is 5.52. The van der Waals surface area contributed by atoms with Crippen molar-refractivity contribution in [2.75, 3.05) is 10.6 Å². The molecule has 114 valence electrons. The van der Waals surface area contributed by atoms with Crippen molar-refractivity contribution in [1.29, 1.82) is 0 Å². The molecular formula is C16H13N4O3+. The number of rotatable bonds is 2. The lowest BCUT2D eigenvalue weighted by Crippen LogP contribution is -2.55. The first-order valence-corrected chi connectivity index (χ1v) is 7.14. The number of carbonyl (C=O) groups is 1. The number of anilines is 2. The first-order valence-electron chi connectivity index (χ1n) is 7.14. The van der Waals surface area contributed by atoms with Crippen molar-refractivity contribution in [2.24, 2.45) is 5.16 Å². The molecule has 0 radical (unpaired) electrons. The number of nitrogens with zero attached hydrogens (tertiary/aromatic N) is 1. The van der Waals surface area contributed by atoms with Crippen molar-refractivity contribution in [3.05, 3.63) is 58.5 Å².